The molecule has 1 heterocycles. The van der Waals surface area contributed by atoms with Gasteiger partial charge >= 0.3 is 0 Å². The van der Waals surface area contributed by atoms with E-state index in [1.165, 1.54) is 36.9 Å². The molecule has 1 fully saturated rings. The minimum atomic E-state index is 0. The molecular formula is C21H30N2. The lowest BCUT2D eigenvalue weighted by Crippen LogP contribution is -2.53. The van der Waals surface area contributed by atoms with Gasteiger partial charge in [-0.2, -0.15) is 0 Å². The van der Waals surface area contributed by atoms with Crippen LogP contribution in [0.2, 0.25) is 0 Å². The molecule has 3 rings (SSSR count). The van der Waals surface area contributed by atoms with Crippen LogP contribution in [0.25, 0.3) is 0 Å². The van der Waals surface area contributed by atoms with Gasteiger partial charge in [0.25, 0.3) is 0 Å². The number of piperidine rings is 1. The number of hydrogen-bond donors (Lipinski definition) is 1. The first kappa shape index (κ1) is 17.7. The SMILES string of the molecule is CC1(C)C(Cc2ccccc2)CCCN1Cc1ccccc1.N. The van der Waals surface area contributed by atoms with E-state index in [0.29, 0.717) is 0 Å². The highest BCUT2D eigenvalue weighted by atomic mass is 15.2. The second kappa shape index (κ2) is 7.76. The molecule has 23 heavy (non-hydrogen) atoms. The van der Waals surface area contributed by atoms with Crippen molar-refractivity contribution in [3.63, 3.8) is 0 Å². The monoisotopic (exact) mass is 310 g/mol. The van der Waals surface area contributed by atoms with E-state index >= 15 is 0 Å². The maximum absolute atomic E-state index is 2.68. The van der Waals surface area contributed by atoms with Crippen LogP contribution in [0.4, 0.5) is 0 Å². The Hall–Kier alpha value is -1.64. The van der Waals surface area contributed by atoms with Crippen LogP contribution in [0.1, 0.15) is 37.8 Å². The van der Waals surface area contributed by atoms with Crippen molar-refractivity contribution in [2.75, 3.05) is 6.54 Å². The summed E-state index contributed by atoms with van der Waals surface area (Å²) in [6, 6.07) is 21.9. The lowest BCUT2D eigenvalue weighted by Gasteiger charge is -2.48. The molecule has 0 aromatic heterocycles. The third kappa shape index (κ3) is 4.21. The lowest BCUT2D eigenvalue weighted by molar-refractivity contribution is 0.0152. The number of rotatable bonds is 4. The maximum atomic E-state index is 2.68. The fourth-order valence-electron chi connectivity index (χ4n) is 3.77. The zero-order valence-corrected chi connectivity index (χ0v) is 14.5. The average molecular weight is 310 g/mol. The maximum Gasteiger partial charge on any atom is 0.0239 e. The van der Waals surface area contributed by atoms with E-state index in [4.69, 9.17) is 0 Å². The number of likely N-dealkylation sites (tertiary alicyclic amines) is 1. The van der Waals surface area contributed by atoms with Gasteiger partial charge in [-0.25, -0.2) is 0 Å². The van der Waals surface area contributed by atoms with Crippen LogP contribution in [0.5, 0.6) is 0 Å². The Morgan fingerprint density at radius 2 is 1.48 bits per heavy atom. The highest BCUT2D eigenvalue weighted by Gasteiger charge is 2.38. The third-order valence-corrected chi connectivity index (χ3v) is 5.34. The smallest absolute Gasteiger partial charge is 0.0239 e. The molecule has 0 saturated carbocycles. The first-order valence-corrected chi connectivity index (χ1v) is 8.49. The Morgan fingerprint density at radius 3 is 2.09 bits per heavy atom. The van der Waals surface area contributed by atoms with Crippen LogP contribution >= 0.6 is 0 Å². The number of nitrogens with zero attached hydrogens (tertiary/aromatic N) is 1. The van der Waals surface area contributed by atoms with Gasteiger partial charge in [0.15, 0.2) is 0 Å². The molecule has 0 amide bonds. The molecule has 2 aromatic rings. The van der Waals surface area contributed by atoms with Gasteiger partial charge in [-0.1, -0.05) is 60.7 Å². The Balaban J connectivity index is 0.00000192. The Kier molecular flexibility index (Phi) is 5.97. The molecular weight excluding hydrogens is 280 g/mol. The molecule has 1 saturated heterocycles. The molecule has 0 spiro atoms. The third-order valence-electron chi connectivity index (χ3n) is 5.34. The molecule has 0 bridgehead atoms. The van der Waals surface area contributed by atoms with Crippen LogP contribution in [0.3, 0.4) is 0 Å². The summed E-state index contributed by atoms with van der Waals surface area (Å²) < 4.78 is 0. The highest BCUT2D eigenvalue weighted by Crippen LogP contribution is 2.36. The van der Waals surface area contributed by atoms with Crippen molar-refractivity contribution < 1.29 is 0 Å². The van der Waals surface area contributed by atoms with Crippen LogP contribution in [-0.4, -0.2) is 17.0 Å². The number of benzene rings is 2. The van der Waals surface area contributed by atoms with Gasteiger partial charge in [0.1, 0.15) is 0 Å². The van der Waals surface area contributed by atoms with Gasteiger partial charge < -0.3 is 6.15 Å². The first-order chi connectivity index (χ1) is 10.7. The van der Waals surface area contributed by atoms with Crippen molar-refractivity contribution in [1.82, 2.24) is 11.1 Å². The van der Waals surface area contributed by atoms with E-state index in [9.17, 15) is 0 Å². The van der Waals surface area contributed by atoms with E-state index < -0.39 is 0 Å². The fourth-order valence-corrected chi connectivity index (χ4v) is 3.77. The Labute approximate surface area is 141 Å². The Bertz CT molecular complexity index is 526. The van der Waals surface area contributed by atoms with Crippen molar-refractivity contribution in [1.29, 1.82) is 0 Å². The van der Waals surface area contributed by atoms with Gasteiger partial charge in [-0.15, -0.1) is 0 Å². The highest BCUT2D eigenvalue weighted by molar-refractivity contribution is 5.18. The molecule has 0 radical (unpaired) electrons. The van der Waals surface area contributed by atoms with Gasteiger partial charge in [0.2, 0.25) is 0 Å². The summed E-state index contributed by atoms with van der Waals surface area (Å²) in [5.74, 6) is 0.729. The summed E-state index contributed by atoms with van der Waals surface area (Å²) in [4.78, 5) is 2.68. The van der Waals surface area contributed by atoms with E-state index in [-0.39, 0.29) is 11.7 Å². The minimum Gasteiger partial charge on any atom is -0.344 e. The first-order valence-electron chi connectivity index (χ1n) is 8.49. The minimum absolute atomic E-state index is 0. The largest absolute Gasteiger partial charge is 0.344 e. The van der Waals surface area contributed by atoms with E-state index in [0.717, 1.165) is 12.5 Å². The van der Waals surface area contributed by atoms with Crippen LogP contribution in [-0.2, 0) is 13.0 Å². The van der Waals surface area contributed by atoms with Crippen molar-refractivity contribution in [2.24, 2.45) is 5.92 Å². The molecule has 2 nitrogen and oxygen atoms in total. The van der Waals surface area contributed by atoms with Crippen LogP contribution < -0.4 is 6.15 Å². The molecule has 3 N–H and O–H groups in total. The molecule has 1 unspecified atom stereocenters. The van der Waals surface area contributed by atoms with Crippen LogP contribution in [0.15, 0.2) is 60.7 Å². The second-order valence-corrected chi connectivity index (χ2v) is 7.09. The van der Waals surface area contributed by atoms with Gasteiger partial charge in [-0.05, 0) is 56.7 Å². The summed E-state index contributed by atoms with van der Waals surface area (Å²) >= 11 is 0. The zero-order valence-electron chi connectivity index (χ0n) is 14.5. The lowest BCUT2D eigenvalue weighted by atomic mass is 9.75. The Morgan fingerprint density at radius 1 is 0.913 bits per heavy atom. The van der Waals surface area contributed by atoms with E-state index in [2.05, 4.69) is 79.4 Å². The molecule has 2 heteroatoms. The quantitative estimate of drug-likeness (QED) is 0.855. The predicted molar refractivity (Wildman–Crippen MR) is 98.8 cm³/mol. The summed E-state index contributed by atoms with van der Waals surface area (Å²) in [5.41, 5.74) is 3.15. The van der Waals surface area contributed by atoms with Gasteiger partial charge in [-0.3, -0.25) is 4.90 Å². The van der Waals surface area contributed by atoms with E-state index in [1.807, 2.05) is 0 Å². The van der Waals surface area contributed by atoms with Crippen LogP contribution in [0, 0.1) is 5.92 Å². The molecule has 1 aliphatic heterocycles. The van der Waals surface area contributed by atoms with Crippen molar-refractivity contribution in [3.8, 4) is 0 Å². The molecule has 2 aromatic carbocycles. The number of hydrogen-bond acceptors (Lipinski definition) is 2. The normalized spacial score (nSPS) is 20.7. The van der Waals surface area contributed by atoms with E-state index in [1.54, 1.807) is 0 Å². The second-order valence-electron chi connectivity index (χ2n) is 7.09. The average Bonchev–Trinajstić information content (AvgIpc) is 2.53. The molecule has 1 aliphatic rings. The standard InChI is InChI=1S/C21H27N.H3N/c1-21(2)20(16-18-10-5-3-6-11-18)14-9-15-22(21)17-19-12-7-4-8-13-19;/h3-8,10-13,20H,9,14-17H2,1-2H3;1H3. The zero-order chi connectivity index (χ0) is 15.4. The molecule has 0 aliphatic carbocycles. The van der Waals surface area contributed by atoms with Gasteiger partial charge in [0, 0.05) is 12.1 Å². The molecule has 124 valence electrons. The fraction of sp³-hybridized carbons (Fsp3) is 0.429. The van der Waals surface area contributed by atoms with Crippen molar-refractivity contribution in [2.45, 2.75) is 45.2 Å². The predicted octanol–water partition coefficient (Wildman–Crippen LogP) is 5.08. The molecule has 1 atom stereocenters. The summed E-state index contributed by atoms with van der Waals surface area (Å²) in [7, 11) is 0. The van der Waals surface area contributed by atoms with Crippen molar-refractivity contribution in [3.05, 3.63) is 71.8 Å². The van der Waals surface area contributed by atoms with Crippen molar-refractivity contribution >= 4 is 0 Å². The van der Waals surface area contributed by atoms with Gasteiger partial charge in [0.05, 0.1) is 0 Å². The summed E-state index contributed by atoms with van der Waals surface area (Å²) in [6.07, 6.45) is 3.85. The topological polar surface area (TPSA) is 38.2 Å². The summed E-state index contributed by atoms with van der Waals surface area (Å²) in [5, 5.41) is 0. The summed E-state index contributed by atoms with van der Waals surface area (Å²) in [6.45, 7) is 7.15.